The highest BCUT2D eigenvalue weighted by molar-refractivity contribution is 7.11. The maximum absolute atomic E-state index is 4.28. The van der Waals surface area contributed by atoms with Gasteiger partial charge in [-0.25, -0.2) is 4.98 Å². The van der Waals surface area contributed by atoms with E-state index in [-0.39, 0.29) is 0 Å². The molecule has 90 valence electrons. The van der Waals surface area contributed by atoms with Crippen molar-refractivity contribution in [2.24, 2.45) is 5.92 Å². The van der Waals surface area contributed by atoms with Crippen LogP contribution in [0.4, 0.5) is 0 Å². The fourth-order valence-corrected chi connectivity index (χ4v) is 3.25. The molecule has 0 bridgehead atoms. The van der Waals surface area contributed by atoms with Gasteiger partial charge in [-0.05, 0) is 38.5 Å². The van der Waals surface area contributed by atoms with Gasteiger partial charge in [-0.3, -0.25) is 0 Å². The first-order valence-corrected chi connectivity index (χ1v) is 7.24. The second-order valence-corrected chi connectivity index (χ2v) is 6.17. The Bertz CT molecular complexity index is 313. The predicted octanol–water partition coefficient (Wildman–Crippen LogP) is 3.51. The molecule has 0 amide bonds. The van der Waals surface area contributed by atoms with Crippen LogP contribution < -0.4 is 5.32 Å². The molecule has 1 aromatic rings. The van der Waals surface area contributed by atoms with Crippen LogP contribution >= 0.6 is 11.3 Å². The van der Waals surface area contributed by atoms with E-state index in [2.05, 4.69) is 24.1 Å². The van der Waals surface area contributed by atoms with Gasteiger partial charge in [-0.1, -0.05) is 13.3 Å². The Kier molecular flexibility index (Phi) is 4.36. The van der Waals surface area contributed by atoms with E-state index in [9.17, 15) is 0 Å². The van der Waals surface area contributed by atoms with Crippen LogP contribution in [0.15, 0.2) is 6.20 Å². The van der Waals surface area contributed by atoms with E-state index in [1.165, 1.54) is 42.0 Å². The van der Waals surface area contributed by atoms with Crippen molar-refractivity contribution in [3.8, 4) is 0 Å². The Morgan fingerprint density at radius 3 is 2.69 bits per heavy atom. The van der Waals surface area contributed by atoms with Gasteiger partial charge in [0.05, 0.1) is 5.01 Å². The van der Waals surface area contributed by atoms with Crippen molar-refractivity contribution < 1.29 is 0 Å². The van der Waals surface area contributed by atoms with Crippen LogP contribution in [0.3, 0.4) is 0 Å². The average molecular weight is 238 g/mol. The lowest BCUT2D eigenvalue weighted by molar-refractivity contribution is 0.285. The molecule has 1 aromatic heterocycles. The van der Waals surface area contributed by atoms with E-state index in [0.717, 1.165) is 18.5 Å². The molecule has 1 heterocycles. The van der Waals surface area contributed by atoms with Crippen molar-refractivity contribution in [1.29, 1.82) is 0 Å². The fraction of sp³-hybridized carbons (Fsp3) is 0.769. The van der Waals surface area contributed by atoms with Gasteiger partial charge in [0.25, 0.3) is 0 Å². The molecule has 0 saturated heterocycles. The van der Waals surface area contributed by atoms with Crippen LogP contribution in [-0.2, 0) is 6.54 Å². The maximum atomic E-state index is 4.28. The highest BCUT2D eigenvalue weighted by atomic mass is 32.1. The van der Waals surface area contributed by atoms with E-state index in [1.54, 1.807) is 0 Å². The largest absolute Gasteiger partial charge is 0.309 e. The Morgan fingerprint density at radius 2 is 2.12 bits per heavy atom. The summed E-state index contributed by atoms with van der Waals surface area (Å²) in [6.45, 7) is 5.39. The van der Waals surface area contributed by atoms with Crippen LogP contribution in [-0.4, -0.2) is 11.0 Å². The summed E-state index contributed by atoms with van der Waals surface area (Å²) >= 11 is 1.81. The third-order valence-electron chi connectivity index (χ3n) is 3.66. The number of rotatable bonds is 4. The summed E-state index contributed by atoms with van der Waals surface area (Å²) in [6, 6.07) is 0.741. The van der Waals surface area contributed by atoms with Gasteiger partial charge in [0, 0.05) is 23.7 Å². The summed E-state index contributed by atoms with van der Waals surface area (Å²) in [5, 5.41) is 4.84. The summed E-state index contributed by atoms with van der Waals surface area (Å²) < 4.78 is 0. The van der Waals surface area contributed by atoms with Gasteiger partial charge in [-0.2, -0.15) is 0 Å². The van der Waals surface area contributed by atoms with Crippen LogP contribution in [0.2, 0.25) is 0 Å². The zero-order chi connectivity index (χ0) is 11.4. The number of nitrogens with one attached hydrogen (secondary N) is 1. The summed E-state index contributed by atoms with van der Waals surface area (Å²) in [4.78, 5) is 5.65. The SMILES string of the molecule is CCC1CCC(NCc2cnc(C)s2)CC1. The van der Waals surface area contributed by atoms with E-state index in [0.29, 0.717) is 0 Å². The van der Waals surface area contributed by atoms with E-state index >= 15 is 0 Å². The van der Waals surface area contributed by atoms with Crippen LogP contribution in [0.25, 0.3) is 0 Å². The standard InChI is InChI=1S/C13H22N2S/c1-3-11-4-6-12(7-5-11)15-9-13-8-14-10(2)16-13/h8,11-12,15H,3-7,9H2,1-2H3. The molecule has 2 rings (SSSR count). The lowest BCUT2D eigenvalue weighted by atomic mass is 9.84. The number of nitrogens with zero attached hydrogens (tertiary/aromatic N) is 1. The quantitative estimate of drug-likeness (QED) is 0.868. The minimum atomic E-state index is 0.741. The molecule has 1 N–H and O–H groups in total. The fourth-order valence-electron chi connectivity index (χ4n) is 2.51. The van der Waals surface area contributed by atoms with Gasteiger partial charge in [0.2, 0.25) is 0 Å². The van der Waals surface area contributed by atoms with Gasteiger partial charge in [-0.15, -0.1) is 11.3 Å². The normalized spacial score (nSPS) is 25.9. The molecule has 3 heteroatoms. The number of hydrogen-bond acceptors (Lipinski definition) is 3. The zero-order valence-corrected chi connectivity index (χ0v) is 11.1. The molecule has 2 nitrogen and oxygen atoms in total. The molecule has 0 aromatic carbocycles. The molecule has 1 saturated carbocycles. The molecule has 1 fully saturated rings. The number of aryl methyl sites for hydroxylation is 1. The molecule has 0 aliphatic heterocycles. The van der Waals surface area contributed by atoms with Crippen molar-refractivity contribution in [2.45, 2.75) is 58.5 Å². The minimum Gasteiger partial charge on any atom is -0.309 e. The van der Waals surface area contributed by atoms with E-state index < -0.39 is 0 Å². The van der Waals surface area contributed by atoms with Crippen molar-refractivity contribution in [1.82, 2.24) is 10.3 Å². The lowest BCUT2D eigenvalue weighted by Gasteiger charge is -2.28. The first kappa shape index (κ1) is 12.1. The third kappa shape index (κ3) is 3.29. The summed E-state index contributed by atoms with van der Waals surface area (Å²) in [5.74, 6) is 0.990. The van der Waals surface area contributed by atoms with E-state index in [4.69, 9.17) is 0 Å². The van der Waals surface area contributed by atoms with Crippen molar-refractivity contribution >= 4 is 11.3 Å². The zero-order valence-electron chi connectivity index (χ0n) is 10.3. The van der Waals surface area contributed by atoms with Crippen LogP contribution in [0, 0.1) is 12.8 Å². The highest BCUT2D eigenvalue weighted by Crippen LogP contribution is 2.26. The molecule has 16 heavy (non-hydrogen) atoms. The average Bonchev–Trinajstić information content (AvgIpc) is 2.73. The van der Waals surface area contributed by atoms with Gasteiger partial charge < -0.3 is 5.32 Å². The second kappa shape index (κ2) is 5.78. The number of thiazole rings is 1. The van der Waals surface area contributed by atoms with Gasteiger partial charge in [0.1, 0.15) is 0 Å². The van der Waals surface area contributed by atoms with Crippen molar-refractivity contribution in [3.05, 3.63) is 16.1 Å². The first-order valence-electron chi connectivity index (χ1n) is 6.42. The maximum Gasteiger partial charge on any atom is 0.0897 e. The monoisotopic (exact) mass is 238 g/mol. The highest BCUT2D eigenvalue weighted by Gasteiger charge is 2.19. The molecular formula is C13H22N2S. The molecule has 1 aliphatic rings. The molecule has 0 unspecified atom stereocenters. The summed E-state index contributed by atoms with van der Waals surface area (Å²) in [6.07, 6.45) is 8.91. The number of hydrogen-bond donors (Lipinski definition) is 1. The Labute approximate surface area is 102 Å². The number of aromatic nitrogens is 1. The Hall–Kier alpha value is -0.410. The smallest absolute Gasteiger partial charge is 0.0897 e. The van der Waals surface area contributed by atoms with Crippen LogP contribution in [0.1, 0.15) is 48.9 Å². The second-order valence-electron chi connectivity index (χ2n) is 4.85. The van der Waals surface area contributed by atoms with Crippen molar-refractivity contribution in [3.63, 3.8) is 0 Å². The molecule has 0 atom stereocenters. The topological polar surface area (TPSA) is 24.9 Å². The minimum absolute atomic E-state index is 0.741. The summed E-state index contributed by atoms with van der Waals surface area (Å²) in [5.41, 5.74) is 0. The third-order valence-corrected chi connectivity index (χ3v) is 4.57. The van der Waals surface area contributed by atoms with E-state index in [1.807, 2.05) is 17.5 Å². The van der Waals surface area contributed by atoms with Crippen LogP contribution in [0.5, 0.6) is 0 Å². The molecular weight excluding hydrogens is 216 g/mol. The molecule has 0 spiro atoms. The van der Waals surface area contributed by atoms with Gasteiger partial charge >= 0.3 is 0 Å². The van der Waals surface area contributed by atoms with Crippen molar-refractivity contribution in [2.75, 3.05) is 0 Å². The molecule has 1 aliphatic carbocycles. The summed E-state index contributed by atoms with van der Waals surface area (Å²) in [7, 11) is 0. The first-order chi connectivity index (χ1) is 7.78. The lowest BCUT2D eigenvalue weighted by Crippen LogP contribution is -2.32. The Morgan fingerprint density at radius 1 is 1.38 bits per heavy atom. The molecule has 0 radical (unpaired) electrons. The predicted molar refractivity (Wildman–Crippen MR) is 69.7 cm³/mol. The Balaban J connectivity index is 1.71. The van der Waals surface area contributed by atoms with Gasteiger partial charge in [0.15, 0.2) is 0 Å².